The van der Waals surface area contributed by atoms with Gasteiger partial charge in [-0.25, -0.2) is 0 Å². The van der Waals surface area contributed by atoms with E-state index in [1.54, 1.807) is 36.4 Å². The van der Waals surface area contributed by atoms with Gasteiger partial charge in [0.2, 0.25) is 11.8 Å². The van der Waals surface area contributed by atoms with Crippen LogP contribution in [0.3, 0.4) is 0 Å². The van der Waals surface area contributed by atoms with Crippen molar-refractivity contribution in [3.05, 3.63) is 68.8 Å². The Morgan fingerprint density at radius 3 is 1.91 bits per heavy atom. The number of rotatable bonds is 19. The van der Waals surface area contributed by atoms with Gasteiger partial charge < -0.3 is 41.7 Å². The summed E-state index contributed by atoms with van der Waals surface area (Å²) in [7, 11) is 4.67. The molecule has 0 spiro atoms. The highest BCUT2D eigenvalue weighted by atomic mass is 33.1. The minimum absolute atomic E-state index is 0.0509. The van der Waals surface area contributed by atoms with Crippen LogP contribution in [-0.2, 0) is 14.3 Å². The summed E-state index contributed by atoms with van der Waals surface area (Å²) in [4.78, 5) is 47.8. The van der Waals surface area contributed by atoms with Crippen LogP contribution in [0, 0.1) is 20.2 Å². The maximum Gasteiger partial charge on any atom is 0.283 e. The van der Waals surface area contributed by atoms with Gasteiger partial charge in [-0.1, -0.05) is 67.4 Å². The number of primary amides is 1. The highest BCUT2D eigenvalue weighted by molar-refractivity contribution is 8.77. The molecule has 1 saturated heterocycles. The Labute approximate surface area is 279 Å². The van der Waals surface area contributed by atoms with Crippen LogP contribution in [0.4, 0.5) is 11.4 Å². The predicted octanol–water partition coefficient (Wildman–Crippen LogP) is 1.03. The number of nitro groups is 2. The van der Waals surface area contributed by atoms with E-state index in [-0.39, 0.29) is 42.4 Å². The molecule has 2 amide bonds. The first-order valence-electron chi connectivity index (χ1n) is 13.8. The lowest BCUT2D eigenvalue weighted by molar-refractivity contribution is -0.387. The van der Waals surface area contributed by atoms with Gasteiger partial charge in [-0.2, -0.15) is 0 Å². The number of carbonyl (C=O) groups is 2. The number of benzene rings is 2. The number of carbonyl (C=O) groups excluding carboxylic acids is 2. The van der Waals surface area contributed by atoms with Gasteiger partial charge in [0.05, 0.1) is 50.5 Å². The van der Waals surface area contributed by atoms with Gasteiger partial charge in [0.15, 0.2) is 6.29 Å². The van der Waals surface area contributed by atoms with E-state index in [0.717, 1.165) is 21.6 Å². The molecule has 6 atom stereocenters. The van der Waals surface area contributed by atoms with Gasteiger partial charge in [-0.3, -0.25) is 29.8 Å². The molecule has 3 rings (SSSR count). The molecule has 20 heteroatoms. The first-order chi connectivity index (χ1) is 22.0. The third kappa shape index (κ3) is 11.5. The minimum atomic E-state index is -1.47. The molecule has 2 aromatic rings. The van der Waals surface area contributed by atoms with Crippen molar-refractivity contribution in [2.45, 2.75) is 52.8 Å². The van der Waals surface area contributed by atoms with Crippen molar-refractivity contribution in [1.82, 2.24) is 16.0 Å². The number of hydrogen-bond acceptors (Lipinski definition) is 16. The van der Waals surface area contributed by atoms with Crippen LogP contribution in [0.5, 0.6) is 0 Å². The summed E-state index contributed by atoms with van der Waals surface area (Å²) in [5.41, 5.74) is 5.41. The van der Waals surface area contributed by atoms with E-state index in [9.17, 15) is 45.1 Å². The average Bonchev–Trinajstić information content (AvgIpc) is 3.02. The molecule has 1 fully saturated rings. The van der Waals surface area contributed by atoms with Crippen molar-refractivity contribution in [3.63, 3.8) is 0 Å². The number of aliphatic hydroxyl groups is 3. The van der Waals surface area contributed by atoms with Crippen LogP contribution in [-0.4, -0.2) is 105 Å². The highest BCUT2D eigenvalue weighted by Crippen LogP contribution is 2.38. The maximum absolute atomic E-state index is 13.3. The molecule has 0 bridgehead atoms. The summed E-state index contributed by atoms with van der Waals surface area (Å²) in [6, 6.07) is 9.77. The number of ether oxygens (including phenoxy) is 1. The predicted molar refractivity (Wildman–Crippen MR) is 176 cm³/mol. The van der Waals surface area contributed by atoms with Crippen molar-refractivity contribution < 1.29 is 39.5 Å². The number of amides is 2. The third-order valence-corrected chi connectivity index (χ3v) is 11.4. The zero-order valence-corrected chi connectivity index (χ0v) is 27.4. The number of aliphatic hydroxyl groups excluding tert-OH is 3. The Kier molecular flexibility index (Phi) is 15.8. The van der Waals surface area contributed by atoms with E-state index in [1.807, 2.05) is 0 Å². The Morgan fingerprint density at radius 2 is 1.41 bits per heavy atom. The summed E-state index contributed by atoms with van der Waals surface area (Å²) in [6.07, 6.45) is -3.64. The van der Waals surface area contributed by atoms with Crippen LogP contribution in [0.1, 0.15) is 6.42 Å². The molecule has 1 heterocycles. The van der Waals surface area contributed by atoms with Gasteiger partial charge in [0, 0.05) is 43.1 Å². The molecule has 2 aromatic carbocycles. The number of para-hydroxylation sites is 2. The quantitative estimate of drug-likeness (QED) is 0.0463. The number of nitro benzene ring substituents is 2. The lowest BCUT2D eigenvalue weighted by Gasteiger charge is -2.37. The number of nitrogens with one attached hydrogen (secondary N) is 3. The summed E-state index contributed by atoms with van der Waals surface area (Å²) >= 11 is 0. The summed E-state index contributed by atoms with van der Waals surface area (Å²) in [5, 5.41) is 61.1. The van der Waals surface area contributed by atoms with Gasteiger partial charge in [0.1, 0.15) is 6.10 Å². The first kappa shape index (κ1) is 37.8. The lowest BCUT2D eigenvalue weighted by atomic mass is 10.0. The molecule has 252 valence electrons. The van der Waals surface area contributed by atoms with Crippen molar-refractivity contribution >= 4 is 66.4 Å². The SMILES string of the molecule is NC(=O)[C@H](CSSc1ccccc1[N+](=O)[O-])NCCN[C@@H](CSSc1ccccc1[N+](=O)[O-])C(=O)N[C@@H]1C[C@H](O)[C@@H](CO)OC1O. The standard InChI is InChI=1S/C26H34N6O10S4/c27-24(35)16(13-43-45-22-7-3-1-5-18(22)31(38)39)28-9-10-29-17(14-44-46-23-8-4-2-6-19(23)32(40)41)25(36)30-15-11-20(34)21(12-33)42-26(15)37/h1-8,15-17,20-21,26,28-29,33-34,37H,9-14H2,(H2,27,35)(H,30,36)/t15-,16+,17+,20+,21-,26?/m1/s1. The Balaban J connectivity index is 1.57. The second kappa shape index (κ2) is 19.2. The summed E-state index contributed by atoms with van der Waals surface area (Å²) < 4.78 is 5.20. The molecule has 0 aromatic heterocycles. The number of nitrogens with zero attached hydrogens (tertiary/aromatic N) is 2. The molecule has 0 aliphatic carbocycles. The van der Waals surface area contributed by atoms with Crippen LogP contribution in [0.25, 0.3) is 0 Å². The van der Waals surface area contributed by atoms with E-state index in [0.29, 0.717) is 9.79 Å². The van der Waals surface area contributed by atoms with Gasteiger partial charge in [-0.15, -0.1) is 0 Å². The fraction of sp³-hybridized carbons (Fsp3) is 0.462. The highest BCUT2D eigenvalue weighted by Gasteiger charge is 2.37. The molecule has 16 nitrogen and oxygen atoms in total. The fourth-order valence-corrected chi connectivity index (χ4v) is 8.89. The average molecular weight is 719 g/mol. The zero-order chi connectivity index (χ0) is 33.6. The number of hydrogen-bond donors (Lipinski definition) is 7. The molecule has 1 unspecified atom stereocenters. The molecule has 46 heavy (non-hydrogen) atoms. The van der Waals surface area contributed by atoms with E-state index in [4.69, 9.17) is 10.5 Å². The van der Waals surface area contributed by atoms with Crippen molar-refractivity contribution in [2.24, 2.45) is 5.73 Å². The number of nitrogens with two attached hydrogens (primary N) is 1. The maximum atomic E-state index is 13.3. The van der Waals surface area contributed by atoms with E-state index < -0.39 is 64.9 Å². The van der Waals surface area contributed by atoms with Crippen LogP contribution in [0.15, 0.2) is 58.3 Å². The van der Waals surface area contributed by atoms with Crippen LogP contribution >= 0.6 is 43.2 Å². The molecule has 0 saturated carbocycles. The lowest BCUT2D eigenvalue weighted by Crippen LogP contribution is -2.58. The summed E-state index contributed by atoms with van der Waals surface area (Å²) in [5.74, 6) is -0.835. The topological polar surface area (TPSA) is 252 Å². The Hall–Kier alpha value is -2.66. The molecule has 8 N–H and O–H groups in total. The monoisotopic (exact) mass is 718 g/mol. The second-order valence-electron chi connectivity index (χ2n) is 9.77. The summed E-state index contributed by atoms with van der Waals surface area (Å²) in [6.45, 7) is -0.132. The van der Waals surface area contributed by atoms with E-state index >= 15 is 0 Å². The molecular weight excluding hydrogens is 685 g/mol. The first-order valence-corrected chi connectivity index (χ1v) is 18.4. The van der Waals surface area contributed by atoms with E-state index in [1.165, 1.54) is 33.7 Å². The van der Waals surface area contributed by atoms with Gasteiger partial charge in [0.25, 0.3) is 11.4 Å². The molecule has 0 radical (unpaired) electrons. The van der Waals surface area contributed by atoms with Crippen LogP contribution in [0.2, 0.25) is 0 Å². The van der Waals surface area contributed by atoms with Crippen molar-refractivity contribution in [2.75, 3.05) is 31.2 Å². The fourth-order valence-electron chi connectivity index (χ4n) is 4.12. The Bertz CT molecular complexity index is 1350. The van der Waals surface area contributed by atoms with Crippen molar-refractivity contribution in [1.29, 1.82) is 0 Å². The third-order valence-electron chi connectivity index (χ3n) is 6.55. The minimum Gasteiger partial charge on any atom is -0.394 e. The zero-order valence-electron chi connectivity index (χ0n) is 24.1. The molecule has 1 aliphatic rings. The van der Waals surface area contributed by atoms with Crippen molar-refractivity contribution in [3.8, 4) is 0 Å². The normalized spacial score (nSPS) is 20.8. The largest absolute Gasteiger partial charge is 0.394 e. The molecule has 1 aliphatic heterocycles. The van der Waals surface area contributed by atoms with E-state index in [2.05, 4.69) is 16.0 Å². The van der Waals surface area contributed by atoms with Gasteiger partial charge in [-0.05, 0) is 12.1 Å². The van der Waals surface area contributed by atoms with Gasteiger partial charge >= 0.3 is 0 Å². The molecular formula is C26H34N6O10S4. The van der Waals surface area contributed by atoms with Crippen LogP contribution < -0.4 is 21.7 Å². The second-order valence-corrected chi connectivity index (χ2v) is 14.5. The smallest absolute Gasteiger partial charge is 0.283 e. The Morgan fingerprint density at radius 1 is 0.913 bits per heavy atom.